The van der Waals surface area contributed by atoms with E-state index in [0.29, 0.717) is 29.5 Å². The Hall–Kier alpha value is -2.90. The number of rotatable bonds is 3. The van der Waals surface area contributed by atoms with E-state index in [4.69, 9.17) is 0 Å². The Morgan fingerprint density at radius 2 is 1.96 bits per heavy atom. The van der Waals surface area contributed by atoms with Crippen molar-refractivity contribution >= 4 is 5.71 Å². The van der Waals surface area contributed by atoms with Crippen LogP contribution in [0.1, 0.15) is 22.8 Å². The Morgan fingerprint density at radius 1 is 1.16 bits per heavy atom. The maximum absolute atomic E-state index is 14.0. The summed E-state index contributed by atoms with van der Waals surface area (Å²) in [6.45, 7) is 0.521. The minimum absolute atomic E-state index is 0.199. The Morgan fingerprint density at radius 3 is 2.72 bits per heavy atom. The zero-order valence-corrected chi connectivity index (χ0v) is 13.6. The summed E-state index contributed by atoms with van der Waals surface area (Å²) < 4.78 is 15.8. The van der Waals surface area contributed by atoms with Crippen molar-refractivity contribution in [3.05, 3.63) is 77.1 Å². The maximum atomic E-state index is 14.0. The highest BCUT2D eigenvalue weighted by molar-refractivity contribution is 6.15. The van der Waals surface area contributed by atoms with Gasteiger partial charge < -0.3 is 5.21 Å². The molecule has 1 aliphatic heterocycles. The number of nitrogens with zero attached hydrogens (tertiary/aromatic N) is 5. The number of hydrogen-bond acceptors (Lipinski definition) is 5. The summed E-state index contributed by atoms with van der Waals surface area (Å²) in [5, 5.41) is 19.0. The van der Waals surface area contributed by atoms with Gasteiger partial charge in [-0.2, -0.15) is 5.06 Å². The van der Waals surface area contributed by atoms with E-state index in [-0.39, 0.29) is 12.4 Å². The fourth-order valence-electron chi connectivity index (χ4n) is 3.01. The minimum Gasteiger partial charge on any atom is -0.314 e. The highest BCUT2D eigenvalue weighted by atomic mass is 19.1. The van der Waals surface area contributed by atoms with E-state index in [2.05, 4.69) is 15.2 Å². The first-order valence-corrected chi connectivity index (χ1v) is 7.87. The normalized spacial score (nSPS) is 13.2. The summed E-state index contributed by atoms with van der Waals surface area (Å²) >= 11 is 0. The fraction of sp³-hybridized carbons (Fsp3) is 0.167. The molecule has 25 heavy (non-hydrogen) atoms. The zero-order valence-electron chi connectivity index (χ0n) is 13.6. The van der Waals surface area contributed by atoms with Crippen LogP contribution in [0.5, 0.6) is 0 Å². The van der Waals surface area contributed by atoms with Gasteiger partial charge in [0, 0.05) is 18.2 Å². The molecule has 6 nitrogen and oxygen atoms in total. The number of hydrogen-bond donors (Lipinski definition) is 1. The van der Waals surface area contributed by atoms with E-state index < -0.39 is 0 Å². The third-order valence-corrected chi connectivity index (χ3v) is 4.05. The van der Waals surface area contributed by atoms with Crippen LogP contribution in [-0.4, -0.2) is 37.8 Å². The molecular weight excluding hydrogens is 321 g/mol. The molecular formula is C18H16FN5O. The smallest absolute Gasteiger partial charge is 0.159 e. The molecule has 0 amide bonds. The molecule has 126 valence electrons. The highest BCUT2D eigenvalue weighted by Gasteiger charge is 2.23. The third kappa shape index (κ3) is 2.84. The molecule has 0 fully saturated rings. The van der Waals surface area contributed by atoms with E-state index >= 15 is 0 Å². The van der Waals surface area contributed by atoms with Gasteiger partial charge >= 0.3 is 0 Å². The third-order valence-electron chi connectivity index (χ3n) is 4.05. The molecule has 0 saturated carbocycles. The summed E-state index contributed by atoms with van der Waals surface area (Å²) in [7, 11) is 1.54. The largest absolute Gasteiger partial charge is 0.314 e. The minimum atomic E-state index is -0.334. The van der Waals surface area contributed by atoms with Gasteiger partial charge in [0.15, 0.2) is 11.6 Å². The quantitative estimate of drug-likeness (QED) is 0.746. The first-order valence-electron chi connectivity index (χ1n) is 7.87. The van der Waals surface area contributed by atoms with Crippen molar-refractivity contribution in [1.29, 1.82) is 0 Å². The van der Waals surface area contributed by atoms with Crippen molar-refractivity contribution in [2.24, 2.45) is 4.99 Å². The van der Waals surface area contributed by atoms with E-state index in [1.165, 1.54) is 19.2 Å². The predicted molar refractivity (Wildman–Crippen MR) is 90.4 cm³/mol. The average Bonchev–Trinajstić information content (AvgIpc) is 2.90. The predicted octanol–water partition coefficient (Wildman–Crippen LogP) is 2.58. The van der Waals surface area contributed by atoms with Crippen LogP contribution in [0.3, 0.4) is 0 Å². The fourth-order valence-corrected chi connectivity index (χ4v) is 3.01. The van der Waals surface area contributed by atoms with Gasteiger partial charge in [-0.05, 0) is 18.2 Å². The van der Waals surface area contributed by atoms with Crippen molar-refractivity contribution in [2.45, 2.75) is 13.1 Å². The van der Waals surface area contributed by atoms with Crippen LogP contribution in [0, 0.1) is 5.82 Å². The van der Waals surface area contributed by atoms with Crippen LogP contribution in [0.25, 0.3) is 5.69 Å². The summed E-state index contributed by atoms with van der Waals surface area (Å²) in [6.07, 6.45) is 0. The summed E-state index contributed by atoms with van der Waals surface area (Å²) in [5.74, 6) is 0.882. The zero-order chi connectivity index (χ0) is 17.4. The van der Waals surface area contributed by atoms with E-state index in [1.807, 2.05) is 34.9 Å². The molecule has 0 unspecified atom stereocenters. The number of halogens is 1. The van der Waals surface area contributed by atoms with Gasteiger partial charge in [0.1, 0.15) is 12.4 Å². The molecule has 1 aromatic heterocycles. The van der Waals surface area contributed by atoms with Crippen molar-refractivity contribution in [2.75, 3.05) is 7.05 Å². The van der Waals surface area contributed by atoms with Crippen molar-refractivity contribution in [3.8, 4) is 5.69 Å². The van der Waals surface area contributed by atoms with Gasteiger partial charge in [0.25, 0.3) is 0 Å². The van der Waals surface area contributed by atoms with Gasteiger partial charge in [0.2, 0.25) is 0 Å². The molecule has 0 saturated heterocycles. The van der Waals surface area contributed by atoms with Crippen LogP contribution in [0.4, 0.5) is 4.39 Å². The lowest BCUT2D eigenvalue weighted by atomic mass is 10.0. The molecule has 0 bridgehead atoms. The molecule has 0 spiro atoms. The summed E-state index contributed by atoms with van der Waals surface area (Å²) in [4.78, 5) is 4.66. The SMILES string of the molecule is CN(O)Cc1nnc2n1-c1ccc(F)cc1C(c1ccccc1)=NC2. The van der Waals surface area contributed by atoms with Crippen LogP contribution in [0.2, 0.25) is 0 Å². The number of aromatic nitrogens is 3. The maximum Gasteiger partial charge on any atom is 0.159 e. The summed E-state index contributed by atoms with van der Waals surface area (Å²) in [5.41, 5.74) is 3.04. The van der Waals surface area contributed by atoms with Gasteiger partial charge in [-0.3, -0.25) is 9.56 Å². The molecule has 2 aromatic carbocycles. The molecule has 0 atom stereocenters. The average molecular weight is 337 g/mol. The van der Waals surface area contributed by atoms with Gasteiger partial charge in [-0.1, -0.05) is 30.3 Å². The van der Waals surface area contributed by atoms with E-state index in [1.54, 1.807) is 6.07 Å². The number of aliphatic imine (C=N–C) groups is 1. The molecule has 1 N–H and O–H groups in total. The monoisotopic (exact) mass is 337 g/mol. The molecule has 2 heterocycles. The standard InChI is InChI=1S/C18H16FN5O/c1-23(25)11-17-22-21-16-10-20-18(12-5-3-2-4-6-12)14-9-13(19)7-8-15(14)24(16)17/h2-9,25H,10-11H2,1H3. The summed E-state index contributed by atoms with van der Waals surface area (Å²) in [6, 6.07) is 14.2. The first kappa shape index (κ1) is 15.6. The first-order chi connectivity index (χ1) is 12.1. The Kier molecular flexibility index (Phi) is 3.87. The van der Waals surface area contributed by atoms with Gasteiger partial charge in [-0.15, -0.1) is 10.2 Å². The second-order valence-corrected chi connectivity index (χ2v) is 5.88. The Balaban J connectivity index is 1.94. The lowest BCUT2D eigenvalue weighted by Crippen LogP contribution is -2.17. The molecule has 4 rings (SSSR count). The second kappa shape index (κ2) is 6.19. The lowest BCUT2D eigenvalue weighted by molar-refractivity contribution is -0.0754. The molecule has 0 aliphatic carbocycles. The molecule has 3 aromatic rings. The topological polar surface area (TPSA) is 66.5 Å². The number of benzene rings is 2. The van der Waals surface area contributed by atoms with Crippen LogP contribution >= 0.6 is 0 Å². The van der Waals surface area contributed by atoms with E-state index in [9.17, 15) is 9.60 Å². The van der Waals surface area contributed by atoms with Crippen LogP contribution in [-0.2, 0) is 13.1 Å². The van der Waals surface area contributed by atoms with Gasteiger partial charge in [0.05, 0.1) is 17.9 Å². The van der Waals surface area contributed by atoms with Crippen molar-refractivity contribution in [3.63, 3.8) is 0 Å². The van der Waals surface area contributed by atoms with Crippen molar-refractivity contribution < 1.29 is 9.60 Å². The van der Waals surface area contributed by atoms with Crippen LogP contribution < -0.4 is 0 Å². The molecule has 1 aliphatic rings. The molecule has 0 radical (unpaired) electrons. The number of fused-ring (bicyclic) bond motifs is 3. The highest BCUT2D eigenvalue weighted by Crippen LogP contribution is 2.26. The van der Waals surface area contributed by atoms with E-state index in [0.717, 1.165) is 16.3 Å². The second-order valence-electron chi connectivity index (χ2n) is 5.88. The Bertz CT molecular complexity index is 949. The molecule has 7 heteroatoms. The van der Waals surface area contributed by atoms with Gasteiger partial charge in [-0.25, -0.2) is 4.39 Å². The Labute approximate surface area is 143 Å². The van der Waals surface area contributed by atoms with Crippen molar-refractivity contribution in [1.82, 2.24) is 19.8 Å². The van der Waals surface area contributed by atoms with Crippen LogP contribution in [0.15, 0.2) is 53.5 Å². The lowest BCUT2D eigenvalue weighted by Gasteiger charge is -2.14. The number of hydroxylamine groups is 2.